The summed E-state index contributed by atoms with van der Waals surface area (Å²) in [6.07, 6.45) is 3.30. The molecular formula is C21H19N5O6S2. The maximum atomic E-state index is 12.8. The van der Waals surface area contributed by atoms with E-state index in [4.69, 9.17) is 10.5 Å². The number of carboxylic acid groups (broad SMARTS) is 1. The summed E-state index contributed by atoms with van der Waals surface area (Å²) < 4.78 is 5.57. The number of hydrogen-bond donors (Lipinski definition) is 4. The molecule has 176 valence electrons. The number of thiazole rings is 1. The first kappa shape index (κ1) is 23.3. The number of amides is 2. The first-order valence-corrected chi connectivity index (χ1v) is 11.8. The number of ether oxygens (including phenoxy) is 1. The van der Waals surface area contributed by atoms with E-state index in [1.807, 2.05) is 18.2 Å². The second kappa shape index (κ2) is 9.97. The number of β-lactam (4-membered cyclic amide) rings is 1. The minimum absolute atomic E-state index is 0.0682. The molecule has 2 atom stereocenters. The number of rotatable bonds is 8. The highest BCUT2D eigenvalue weighted by Crippen LogP contribution is 2.40. The van der Waals surface area contributed by atoms with E-state index in [0.29, 0.717) is 17.1 Å². The maximum Gasteiger partial charge on any atom is 0.352 e. The van der Waals surface area contributed by atoms with Gasteiger partial charge in [0.1, 0.15) is 35.2 Å². The van der Waals surface area contributed by atoms with Gasteiger partial charge in [-0.25, -0.2) is 9.78 Å². The van der Waals surface area contributed by atoms with Gasteiger partial charge in [-0.05, 0) is 23.8 Å². The number of allylic oxidation sites excluding steroid dienone is 1. The average Bonchev–Trinajstić information content (AvgIpc) is 3.26. The highest BCUT2D eigenvalue weighted by atomic mass is 32.2. The molecule has 2 aliphatic heterocycles. The molecule has 1 fully saturated rings. The van der Waals surface area contributed by atoms with Gasteiger partial charge in [-0.15, -0.1) is 23.1 Å². The molecule has 1 aromatic heterocycles. The highest BCUT2D eigenvalue weighted by molar-refractivity contribution is 8.00. The van der Waals surface area contributed by atoms with E-state index in [2.05, 4.69) is 15.5 Å². The van der Waals surface area contributed by atoms with Crippen molar-refractivity contribution >= 4 is 51.7 Å². The molecule has 0 bridgehead atoms. The Hall–Kier alpha value is -3.84. The number of nitrogen functional groups attached to an aromatic ring is 1. The third kappa shape index (κ3) is 4.61. The first-order valence-electron chi connectivity index (χ1n) is 9.90. The zero-order valence-corrected chi connectivity index (χ0v) is 19.1. The van der Waals surface area contributed by atoms with Crippen LogP contribution in [0.4, 0.5) is 5.13 Å². The number of thioether (sulfide) groups is 1. The van der Waals surface area contributed by atoms with Crippen molar-refractivity contribution in [1.29, 1.82) is 0 Å². The van der Waals surface area contributed by atoms with Gasteiger partial charge < -0.3 is 26.1 Å². The quantitative estimate of drug-likeness (QED) is 0.180. The van der Waals surface area contributed by atoms with Crippen LogP contribution in [0.15, 0.2) is 64.3 Å². The van der Waals surface area contributed by atoms with Crippen molar-refractivity contribution in [3.05, 3.63) is 64.8 Å². The third-order valence-corrected chi connectivity index (χ3v) is 6.95. The Morgan fingerprint density at radius 1 is 1.35 bits per heavy atom. The number of carbonyl (C=O) groups excluding carboxylic acids is 2. The summed E-state index contributed by atoms with van der Waals surface area (Å²) in [6, 6.07) is 8.18. The third-order valence-electron chi connectivity index (χ3n) is 4.98. The minimum Gasteiger partial charge on any atom is -0.490 e. The molecule has 2 amide bonds. The molecule has 13 heteroatoms. The van der Waals surface area contributed by atoms with Crippen molar-refractivity contribution in [3.63, 3.8) is 0 Å². The molecule has 2 aromatic rings. The standard InChI is InChI=1S/C21H19N5O6S2/c22-21-23-13(10-34-21)14(25-31)17(27)24-15-18(28)26-16(20(29)30)11(9-33-19(15)26)5-4-8-32-12-6-2-1-3-7-12/h1-7,10,15,19,31H,8-9H2,(H2,22,23)(H,24,27)(H,29,30)/b5-4-,25-14-/t15-,19-/m1/s1. The van der Waals surface area contributed by atoms with Crippen molar-refractivity contribution in [3.8, 4) is 5.75 Å². The molecule has 1 saturated heterocycles. The normalized spacial score (nSPS) is 20.2. The Kier molecular flexibility index (Phi) is 6.84. The number of benzene rings is 1. The molecule has 11 nitrogen and oxygen atoms in total. The van der Waals surface area contributed by atoms with Crippen LogP contribution >= 0.6 is 23.1 Å². The molecular weight excluding hydrogens is 482 g/mol. The summed E-state index contributed by atoms with van der Waals surface area (Å²) in [5.74, 6) is -1.66. The zero-order valence-electron chi connectivity index (χ0n) is 17.5. The van der Waals surface area contributed by atoms with Crippen LogP contribution < -0.4 is 15.8 Å². The van der Waals surface area contributed by atoms with Crippen molar-refractivity contribution in [2.45, 2.75) is 11.4 Å². The number of carboxylic acids is 1. The van der Waals surface area contributed by atoms with Gasteiger partial charge in [-0.2, -0.15) is 0 Å². The fourth-order valence-corrected chi connectivity index (χ4v) is 5.31. The number of nitrogens with one attached hydrogen (secondary N) is 1. The highest BCUT2D eigenvalue weighted by Gasteiger charge is 2.54. The van der Waals surface area contributed by atoms with Crippen LogP contribution in [0.5, 0.6) is 5.75 Å². The summed E-state index contributed by atoms with van der Waals surface area (Å²) in [5, 5.41) is 25.5. The lowest BCUT2D eigenvalue weighted by Crippen LogP contribution is -2.71. The number of aromatic nitrogens is 1. The molecule has 0 spiro atoms. The fraction of sp³-hybridized carbons (Fsp3) is 0.190. The first-order chi connectivity index (χ1) is 16.4. The Balaban J connectivity index is 1.44. The van der Waals surface area contributed by atoms with Crippen LogP contribution in [-0.2, 0) is 14.4 Å². The van der Waals surface area contributed by atoms with E-state index in [1.165, 1.54) is 17.1 Å². The zero-order chi connectivity index (χ0) is 24.2. The number of nitrogens with two attached hydrogens (primary N) is 1. The van der Waals surface area contributed by atoms with Gasteiger partial charge in [0.25, 0.3) is 11.8 Å². The van der Waals surface area contributed by atoms with Gasteiger partial charge in [0, 0.05) is 11.1 Å². The predicted molar refractivity (Wildman–Crippen MR) is 126 cm³/mol. The summed E-state index contributed by atoms with van der Waals surface area (Å²) in [6.45, 7) is 0.228. The Morgan fingerprint density at radius 2 is 2.12 bits per heavy atom. The van der Waals surface area contributed by atoms with Crippen molar-refractivity contribution in [1.82, 2.24) is 15.2 Å². The molecule has 0 saturated carbocycles. The van der Waals surface area contributed by atoms with Gasteiger partial charge >= 0.3 is 5.97 Å². The molecule has 0 unspecified atom stereocenters. The van der Waals surface area contributed by atoms with Gasteiger partial charge in [-0.1, -0.05) is 29.4 Å². The van der Waals surface area contributed by atoms with Crippen LogP contribution in [0.2, 0.25) is 0 Å². The fourth-order valence-electron chi connectivity index (χ4n) is 3.44. The summed E-state index contributed by atoms with van der Waals surface area (Å²) >= 11 is 2.37. The van der Waals surface area contributed by atoms with Crippen molar-refractivity contribution < 1.29 is 29.4 Å². The molecule has 1 aromatic carbocycles. The second-order valence-corrected chi connectivity index (χ2v) is 9.08. The number of carbonyl (C=O) groups is 3. The lowest BCUT2D eigenvalue weighted by atomic mass is 10.0. The van der Waals surface area contributed by atoms with E-state index in [9.17, 15) is 24.7 Å². The van der Waals surface area contributed by atoms with Gasteiger partial charge in [-0.3, -0.25) is 14.5 Å². The molecule has 0 aliphatic carbocycles. The SMILES string of the molecule is Nc1nc(/C(=N/O)C(=O)N[C@@H]2C(=O)N3C(C(=O)O)=C(/C=C\COc4ccccc4)CS[C@H]23)cs1. The van der Waals surface area contributed by atoms with Gasteiger partial charge in [0.2, 0.25) is 0 Å². The Labute approximate surface area is 201 Å². The number of fused-ring (bicyclic) bond motifs is 1. The summed E-state index contributed by atoms with van der Waals surface area (Å²) in [4.78, 5) is 42.3. The van der Waals surface area contributed by atoms with Crippen LogP contribution in [0.3, 0.4) is 0 Å². The number of para-hydroxylation sites is 1. The topological polar surface area (TPSA) is 167 Å². The smallest absolute Gasteiger partial charge is 0.352 e. The van der Waals surface area contributed by atoms with E-state index in [1.54, 1.807) is 24.3 Å². The molecule has 5 N–H and O–H groups in total. The number of nitrogens with zero attached hydrogens (tertiary/aromatic N) is 3. The van der Waals surface area contributed by atoms with E-state index >= 15 is 0 Å². The van der Waals surface area contributed by atoms with Crippen molar-refractivity contribution in [2.24, 2.45) is 5.16 Å². The minimum atomic E-state index is -1.25. The van der Waals surface area contributed by atoms with Crippen LogP contribution in [0, 0.1) is 0 Å². The van der Waals surface area contributed by atoms with Crippen LogP contribution in [-0.4, -0.2) is 67.5 Å². The Bertz CT molecular complexity index is 1210. The van der Waals surface area contributed by atoms with Crippen LogP contribution in [0.25, 0.3) is 0 Å². The van der Waals surface area contributed by atoms with E-state index in [0.717, 1.165) is 16.2 Å². The number of oxime groups is 1. The van der Waals surface area contributed by atoms with Gasteiger partial charge in [0.15, 0.2) is 10.8 Å². The molecule has 34 heavy (non-hydrogen) atoms. The average molecular weight is 502 g/mol. The number of anilines is 1. The lowest BCUT2D eigenvalue weighted by molar-refractivity contribution is -0.150. The molecule has 0 radical (unpaired) electrons. The van der Waals surface area contributed by atoms with Crippen LogP contribution in [0.1, 0.15) is 5.69 Å². The predicted octanol–water partition coefficient (Wildman–Crippen LogP) is 1.28. The second-order valence-electron chi connectivity index (χ2n) is 7.09. The van der Waals surface area contributed by atoms with Gasteiger partial charge in [0.05, 0.1) is 0 Å². The largest absolute Gasteiger partial charge is 0.490 e. The lowest BCUT2D eigenvalue weighted by Gasteiger charge is -2.49. The van der Waals surface area contributed by atoms with E-state index in [-0.39, 0.29) is 23.1 Å². The maximum absolute atomic E-state index is 12.8. The van der Waals surface area contributed by atoms with Crippen molar-refractivity contribution in [2.75, 3.05) is 18.1 Å². The monoisotopic (exact) mass is 501 g/mol. The molecule has 3 heterocycles. The summed E-state index contributed by atoms with van der Waals surface area (Å²) in [5.41, 5.74) is 5.54. The Morgan fingerprint density at radius 3 is 2.76 bits per heavy atom. The molecule has 4 rings (SSSR count). The number of hydrogen-bond acceptors (Lipinski definition) is 10. The van der Waals surface area contributed by atoms with E-state index < -0.39 is 34.9 Å². The summed E-state index contributed by atoms with van der Waals surface area (Å²) in [7, 11) is 0. The number of aliphatic carboxylic acids is 1. The molecule has 2 aliphatic rings.